The zero-order chi connectivity index (χ0) is 19.3. The summed E-state index contributed by atoms with van der Waals surface area (Å²) >= 11 is 0. The van der Waals surface area contributed by atoms with E-state index in [-0.39, 0.29) is 5.92 Å². The number of amides is 1. The van der Waals surface area contributed by atoms with Crippen molar-refractivity contribution < 1.29 is 4.79 Å². The molecular formula is C25H32N2O. The number of carbonyl (C=O) groups is 1. The standard InChI is InChI=1S/C25H32N2O/c26-18-19-7-6-12-23(17-19)20-13-15-27(16-14-20)25(28)24(22-10-4-5-11-22)21-8-2-1-3-9-21/h1-3,6-9,12,17,20,22,24H,4-5,10-11,13-16,18,26H2. The third-order valence-electron chi connectivity index (χ3n) is 6.76. The fraction of sp³-hybridized carbons (Fsp3) is 0.480. The SMILES string of the molecule is NCc1cccc(C2CCN(C(=O)C(c3ccccc3)C3CCCC3)CC2)c1. The second-order valence-electron chi connectivity index (χ2n) is 8.48. The number of nitrogens with zero attached hydrogens (tertiary/aromatic N) is 1. The average molecular weight is 377 g/mol. The molecule has 2 N–H and O–H groups in total. The molecule has 2 fully saturated rings. The smallest absolute Gasteiger partial charge is 0.230 e. The fourth-order valence-electron chi connectivity index (χ4n) is 5.17. The molecule has 2 aliphatic rings. The van der Waals surface area contributed by atoms with Crippen molar-refractivity contribution in [3.8, 4) is 0 Å². The van der Waals surface area contributed by atoms with Crippen LogP contribution in [-0.2, 0) is 11.3 Å². The van der Waals surface area contributed by atoms with Crippen LogP contribution in [0.4, 0.5) is 0 Å². The number of hydrogen-bond donors (Lipinski definition) is 1. The number of hydrogen-bond acceptors (Lipinski definition) is 2. The molecule has 1 unspecified atom stereocenters. The summed E-state index contributed by atoms with van der Waals surface area (Å²) in [4.78, 5) is 15.7. The highest BCUT2D eigenvalue weighted by Gasteiger charge is 2.36. The topological polar surface area (TPSA) is 46.3 Å². The minimum absolute atomic E-state index is 0.0424. The van der Waals surface area contributed by atoms with Crippen LogP contribution in [0.15, 0.2) is 54.6 Å². The van der Waals surface area contributed by atoms with Crippen molar-refractivity contribution in [2.45, 2.75) is 56.9 Å². The molecule has 1 saturated heterocycles. The van der Waals surface area contributed by atoms with Crippen LogP contribution in [0.3, 0.4) is 0 Å². The Morgan fingerprint density at radius 3 is 2.36 bits per heavy atom. The monoisotopic (exact) mass is 376 g/mol. The van der Waals surface area contributed by atoms with Gasteiger partial charge in [0.25, 0.3) is 0 Å². The van der Waals surface area contributed by atoms with Gasteiger partial charge in [0.2, 0.25) is 5.91 Å². The zero-order valence-corrected chi connectivity index (χ0v) is 16.7. The van der Waals surface area contributed by atoms with Gasteiger partial charge in [0.05, 0.1) is 5.92 Å². The van der Waals surface area contributed by atoms with Gasteiger partial charge in [-0.3, -0.25) is 4.79 Å². The summed E-state index contributed by atoms with van der Waals surface area (Å²) in [5.74, 6) is 1.44. The molecule has 1 amide bonds. The van der Waals surface area contributed by atoms with Gasteiger partial charge < -0.3 is 10.6 Å². The highest BCUT2D eigenvalue weighted by atomic mass is 16.2. The van der Waals surface area contributed by atoms with Crippen LogP contribution in [0.1, 0.15) is 67.1 Å². The van der Waals surface area contributed by atoms with Gasteiger partial charge in [0.15, 0.2) is 0 Å². The second kappa shape index (κ2) is 8.91. The Bertz CT molecular complexity index is 774. The molecule has 0 aromatic heterocycles. The molecule has 28 heavy (non-hydrogen) atoms. The minimum atomic E-state index is 0.0424. The lowest BCUT2D eigenvalue weighted by atomic mass is 9.82. The number of likely N-dealkylation sites (tertiary alicyclic amines) is 1. The summed E-state index contributed by atoms with van der Waals surface area (Å²) in [7, 11) is 0. The van der Waals surface area contributed by atoms with E-state index in [1.807, 2.05) is 6.07 Å². The van der Waals surface area contributed by atoms with Crippen molar-refractivity contribution in [3.63, 3.8) is 0 Å². The predicted octanol–water partition coefficient (Wildman–Crippen LogP) is 4.83. The highest BCUT2D eigenvalue weighted by Crippen LogP contribution is 2.39. The Kier molecular flexibility index (Phi) is 6.11. The van der Waals surface area contributed by atoms with Gasteiger partial charge in [0.1, 0.15) is 0 Å². The Labute approximate surface area is 168 Å². The third kappa shape index (κ3) is 4.15. The van der Waals surface area contributed by atoms with E-state index in [0.29, 0.717) is 24.3 Å². The van der Waals surface area contributed by atoms with E-state index in [2.05, 4.69) is 53.4 Å². The van der Waals surface area contributed by atoms with Gasteiger partial charge in [-0.15, -0.1) is 0 Å². The number of benzene rings is 2. The van der Waals surface area contributed by atoms with Gasteiger partial charge in [-0.2, -0.15) is 0 Å². The van der Waals surface area contributed by atoms with E-state index in [1.54, 1.807) is 0 Å². The molecule has 1 saturated carbocycles. The Morgan fingerprint density at radius 2 is 1.68 bits per heavy atom. The highest BCUT2D eigenvalue weighted by molar-refractivity contribution is 5.84. The van der Waals surface area contributed by atoms with Crippen LogP contribution in [0.5, 0.6) is 0 Å². The Hall–Kier alpha value is -2.13. The molecular weight excluding hydrogens is 344 g/mol. The van der Waals surface area contributed by atoms with Gasteiger partial charge in [-0.25, -0.2) is 0 Å². The first-order valence-electron chi connectivity index (χ1n) is 10.9. The van der Waals surface area contributed by atoms with Crippen molar-refractivity contribution in [1.29, 1.82) is 0 Å². The first-order valence-corrected chi connectivity index (χ1v) is 10.9. The van der Waals surface area contributed by atoms with Crippen LogP contribution in [0, 0.1) is 5.92 Å². The Morgan fingerprint density at radius 1 is 0.964 bits per heavy atom. The van der Waals surface area contributed by atoms with E-state index in [9.17, 15) is 4.79 Å². The lowest BCUT2D eigenvalue weighted by Gasteiger charge is -2.36. The van der Waals surface area contributed by atoms with Gasteiger partial charge in [0, 0.05) is 19.6 Å². The third-order valence-corrected chi connectivity index (χ3v) is 6.76. The summed E-state index contributed by atoms with van der Waals surface area (Å²) in [6.45, 7) is 2.32. The molecule has 0 bridgehead atoms. The average Bonchev–Trinajstić information content (AvgIpc) is 3.29. The maximum absolute atomic E-state index is 13.5. The van der Waals surface area contributed by atoms with Crippen molar-refractivity contribution in [2.75, 3.05) is 13.1 Å². The summed E-state index contributed by atoms with van der Waals surface area (Å²) in [6, 6.07) is 19.1. The molecule has 0 radical (unpaired) electrons. The number of rotatable bonds is 5. The molecule has 0 spiro atoms. The van der Waals surface area contributed by atoms with Gasteiger partial charge in [-0.1, -0.05) is 67.4 Å². The van der Waals surface area contributed by atoms with Crippen LogP contribution < -0.4 is 5.73 Å². The van der Waals surface area contributed by atoms with Crippen molar-refractivity contribution in [1.82, 2.24) is 4.90 Å². The zero-order valence-electron chi connectivity index (χ0n) is 16.7. The number of nitrogens with two attached hydrogens (primary N) is 1. The van der Waals surface area contributed by atoms with E-state index >= 15 is 0 Å². The second-order valence-corrected chi connectivity index (χ2v) is 8.48. The summed E-state index contributed by atoms with van der Waals surface area (Å²) in [5, 5.41) is 0. The number of carbonyl (C=O) groups excluding carboxylic acids is 1. The summed E-state index contributed by atoms with van der Waals surface area (Å²) in [6.07, 6.45) is 7.00. The molecule has 4 rings (SSSR count). The van der Waals surface area contributed by atoms with Crippen LogP contribution >= 0.6 is 0 Å². The molecule has 1 aliphatic carbocycles. The van der Waals surface area contributed by atoms with Crippen LogP contribution in [0.2, 0.25) is 0 Å². The van der Waals surface area contributed by atoms with Crippen molar-refractivity contribution >= 4 is 5.91 Å². The fourth-order valence-corrected chi connectivity index (χ4v) is 5.17. The maximum Gasteiger partial charge on any atom is 0.230 e. The van der Waals surface area contributed by atoms with E-state index in [1.165, 1.54) is 42.4 Å². The molecule has 2 aromatic rings. The van der Waals surface area contributed by atoms with Gasteiger partial charge >= 0.3 is 0 Å². The summed E-state index contributed by atoms with van der Waals surface area (Å²) < 4.78 is 0. The lowest BCUT2D eigenvalue weighted by Crippen LogP contribution is -2.42. The number of piperidine rings is 1. The largest absolute Gasteiger partial charge is 0.342 e. The molecule has 1 heterocycles. The molecule has 2 aromatic carbocycles. The molecule has 148 valence electrons. The van der Waals surface area contributed by atoms with Gasteiger partial charge in [-0.05, 0) is 54.2 Å². The molecule has 1 atom stereocenters. The lowest BCUT2D eigenvalue weighted by molar-refractivity contribution is -0.135. The maximum atomic E-state index is 13.5. The van der Waals surface area contributed by atoms with E-state index in [0.717, 1.165) is 25.9 Å². The molecule has 1 aliphatic heterocycles. The Balaban J connectivity index is 1.45. The summed E-state index contributed by atoms with van der Waals surface area (Å²) in [5.41, 5.74) is 9.59. The first-order chi connectivity index (χ1) is 13.8. The van der Waals surface area contributed by atoms with E-state index < -0.39 is 0 Å². The molecule has 3 nitrogen and oxygen atoms in total. The van der Waals surface area contributed by atoms with Crippen LogP contribution in [-0.4, -0.2) is 23.9 Å². The van der Waals surface area contributed by atoms with Crippen molar-refractivity contribution in [2.24, 2.45) is 11.7 Å². The normalized spacial score (nSPS) is 19.7. The first kappa shape index (κ1) is 19.2. The van der Waals surface area contributed by atoms with Crippen LogP contribution in [0.25, 0.3) is 0 Å². The van der Waals surface area contributed by atoms with E-state index in [4.69, 9.17) is 5.73 Å². The van der Waals surface area contributed by atoms with Crippen molar-refractivity contribution in [3.05, 3.63) is 71.3 Å². The molecule has 3 heteroatoms. The minimum Gasteiger partial charge on any atom is -0.342 e. The predicted molar refractivity (Wildman–Crippen MR) is 114 cm³/mol. The quantitative estimate of drug-likeness (QED) is 0.813.